The van der Waals surface area contributed by atoms with Crippen LogP contribution in [0.2, 0.25) is 0 Å². The van der Waals surface area contributed by atoms with Crippen molar-refractivity contribution in [1.82, 2.24) is 14.5 Å². The molecule has 1 N–H and O–H groups in total. The summed E-state index contributed by atoms with van der Waals surface area (Å²) >= 11 is 0. The second-order valence-electron chi connectivity index (χ2n) is 7.49. The van der Waals surface area contributed by atoms with Crippen LogP contribution in [0.1, 0.15) is 20.3 Å². The van der Waals surface area contributed by atoms with Crippen molar-refractivity contribution in [1.29, 1.82) is 0 Å². The van der Waals surface area contributed by atoms with Crippen LogP contribution >= 0.6 is 0 Å². The predicted octanol–water partition coefficient (Wildman–Crippen LogP) is 1.64. The first-order chi connectivity index (χ1) is 12.8. The van der Waals surface area contributed by atoms with Crippen LogP contribution < -0.4 is 14.2 Å². The lowest BCUT2D eigenvalue weighted by atomic mass is 10.0. The number of methoxy groups -OCH3 is 2. The summed E-state index contributed by atoms with van der Waals surface area (Å²) in [5, 5.41) is 0. The second-order valence-corrected chi connectivity index (χ2v) is 9.23. The van der Waals surface area contributed by atoms with Gasteiger partial charge in [0.25, 0.3) is 0 Å². The van der Waals surface area contributed by atoms with Crippen LogP contribution in [0, 0.1) is 5.92 Å². The Labute approximate surface area is 163 Å². The van der Waals surface area contributed by atoms with Gasteiger partial charge in [-0.1, -0.05) is 13.8 Å². The van der Waals surface area contributed by atoms with E-state index in [0.717, 1.165) is 32.6 Å². The quantitative estimate of drug-likeness (QED) is 0.681. The maximum absolute atomic E-state index is 12.9. The molecule has 2 rings (SSSR count). The van der Waals surface area contributed by atoms with Crippen LogP contribution in [0.4, 0.5) is 0 Å². The van der Waals surface area contributed by atoms with Gasteiger partial charge in [0.1, 0.15) is 16.4 Å². The molecule has 0 spiro atoms. The highest BCUT2D eigenvalue weighted by atomic mass is 32.2. The second kappa shape index (κ2) is 9.73. The lowest BCUT2D eigenvalue weighted by molar-refractivity contribution is 0.102. The van der Waals surface area contributed by atoms with Crippen molar-refractivity contribution in [3.05, 3.63) is 18.2 Å². The van der Waals surface area contributed by atoms with Crippen LogP contribution in [0.5, 0.6) is 11.5 Å². The summed E-state index contributed by atoms with van der Waals surface area (Å²) in [4.78, 5) is 4.83. The average Bonchev–Trinajstić information content (AvgIpc) is 2.65. The minimum absolute atomic E-state index is 0.132. The van der Waals surface area contributed by atoms with Crippen molar-refractivity contribution in [3.63, 3.8) is 0 Å². The number of rotatable bonds is 9. The minimum Gasteiger partial charge on any atom is -0.497 e. The van der Waals surface area contributed by atoms with Gasteiger partial charge < -0.3 is 14.4 Å². The molecule has 1 aliphatic heterocycles. The van der Waals surface area contributed by atoms with Gasteiger partial charge in [-0.2, -0.15) is 0 Å². The zero-order valence-electron chi connectivity index (χ0n) is 17.1. The largest absolute Gasteiger partial charge is 0.497 e. The lowest BCUT2D eigenvalue weighted by Gasteiger charge is -2.38. The standard InChI is InChI=1S/C19H33N3O4S/c1-15(2)12-16(22-10-8-21(3)9-11-22)14-20-27(23,24)19-7-6-17(25-4)13-18(19)26-5/h6-7,13,15-16,20H,8-12,14H2,1-5H3. The lowest BCUT2D eigenvalue weighted by Crippen LogP contribution is -2.52. The summed E-state index contributed by atoms with van der Waals surface area (Å²) in [6, 6.07) is 4.91. The molecule has 1 aromatic rings. The van der Waals surface area contributed by atoms with E-state index in [9.17, 15) is 8.42 Å². The summed E-state index contributed by atoms with van der Waals surface area (Å²) in [7, 11) is 1.44. The number of ether oxygens (including phenoxy) is 2. The van der Waals surface area contributed by atoms with Gasteiger partial charge in [-0.05, 0) is 31.5 Å². The third-order valence-electron chi connectivity index (χ3n) is 4.97. The molecule has 0 aliphatic carbocycles. The van der Waals surface area contributed by atoms with Gasteiger partial charge in [-0.15, -0.1) is 0 Å². The normalized spacial score (nSPS) is 17.9. The smallest absolute Gasteiger partial charge is 0.244 e. The van der Waals surface area contributed by atoms with Crippen molar-refractivity contribution in [2.24, 2.45) is 5.92 Å². The van der Waals surface area contributed by atoms with Crippen LogP contribution in [-0.2, 0) is 10.0 Å². The zero-order valence-corrected chi connectivity index (χ0v) is 17.9. The molecule has 8 heteroatoms. The molecule has 0 bridgehead atoms. The number of hydrogen-bond donors (Lipinski definition) is 1. The van der Waals surface area contributed by atoms with E-state index < -0.39 is 10.0 Å². The molecule has 1 aromatic carbocycles. The average molecular weight is 400 g/mol. The molecule has 1 heterocycles. The maximum Gasteiger partial charge on any atom is 0.244 e. The summed E-state index contributed by atoms with van der Waals surface area (Å²) in [6.45, 7) is 8.66. The number of piperazine rings is 1. The molecule has 1 aliphatic rings. The third-order valence-corrected chi connectivity index (χ3v) is 6.43. The molecule has 1 unspecified atom stereocenters. The molecule has 0 aromatic heterocycles. The topological polar surface area (TPSA) is 71.1 Å². The Hall–Kier alpha value is -1.35. The molecule has 7 nitrogen and oxygen atoms in total. The van der Waals surface area contributed by atoms with Gasteiger partial charge >= 0.3 is 0 Å². The molecule has 1 atom stereocenters. The molecule has 1 fully saturated rings. The Balaban J connectivity index is 2.12. The van der Waals surface area contributed by atoms with Crippen molar-refractivity contribution in [3.8, 4) is 11.5 Å². The number of likely N-dealkylation sites (N-methyl/N-ethyl adjacent to an activating group) is 1. The highest BCUT2D eigenvalue weighted by Crippen LogP contribution is 2.28. The highest BCUT2D eigenvalue weighted by molar-refractivity contribution is 7.89. The van der Waals surface area contributed by atoms with Crippen LogP contribution in [-0.4, -0.2) is 78.3 Å². The van der Waals surface area contributed by atoms with E-state index in [1.165, 1.54) is 20.3 Å². The van der Waals surface area contributed by atoms with E-state index >= 15 is 0 Å². The van der Waals surface area contributed by atoms with Gasteiger partial charge in [-0.3, -0.25) is 4.90 Å². The van der Waals surface area contributed by atoms with Crippen molar-refractivity contribution >= 4 is 10.0 Å². The molecule has 1 saturated heterocycles. The molecule has 0 amide bonds. The van der Waals surface area contributed by atoms with E-state index in [1.807, 2.05) is 0 Å². The molecule has 0 saturated carbocycles. The Bertz CT molecular complexity index is 701. The number of sulfonamides is 1. The Kier molecular flexibility index (Phi) is 7.91. The van der Waals surface area contributed by atoms with Crippen molar-refractivity contribution in [2.45, 2.75) is 31.2 Å². The van der Waals surface area contributed by atoms with Crippen molar-refractivity contribution < 1.29 is 17.9 Å². The molecular formula is C19H33N3O4S. The van der Waals surface area contributed by atoms with Gasteiger partial charge in [0, 0.05) is 44.8 Å². The minimum atomic E-state index is -3.68. The summed E-state index contributed by atoms with van der Waals surface area (Å²) < 4.78 is 39.0. The van der Waals surface area contributed by atoms with E-state index in [4.69, 9.17) is 9.47 Å². The van der Waals surface area contributed by atoms with Gasteiger partial charge in [0.2, 0.25) is 10.0 Å². The first-order valence-electron chi connectivity index (χ1n) is 9.41. The number of benzene rings is 1. The van der Waals surface area contributed by atoms with Crippen LogP contribution in [0.15, 0.2) is 23.1 Å². The SMILES string of the molecule is COc1ccc(S(=O)(=O)NCC(CC(C)C)N2CCN(C)CC2)c(OC)c1. The number of nitrogens with zero attached hydrogens (tertiary/aromatic N) is 2. The number of hydrogen-bond acceptors (Lipinski definition) is 6. The molecule has 0 radical (unpaired) electrons. The fraction of sp³-hybridized carbons (Fsp3) is 0.684. The molecule has 27 heavy (non-hydrogen) atoms. The summed E-state index contributed by atoms with van der Waals surface area (Å²) in [6.07, 6.45) is 0.950. The van der Waals surface area contributed by atoms with Crippen molar-refractivity contribution in [2.75, 3.05) is 54.0 Å². The first-order valence-corrected chi connectivity index (χ1v) is 10.9. The Morgan fingerprint density at radius 1 is 1.11 bits per heavy atom. The fourth-order valence-electron chi connectivity index (χ4n) is 3.37. The number of nitrogens with one attached hydrogen (secondary N) is 1. The molecule has 154 valence electrons. The third kappa shape index (κ3) is 6.07. The Morgan fingerprint density at radius 2 is 1.78 bits per heavy atom. The van der Waals surface area contributed by atoms with Crippen LogP contribution in [0.25, 0.3) is 0 Å². The van der Waals surface area contributed by atoms with E-state index in [0.29, 0.717) is 18.2 Å². The van der Waals surface area contributed by atoms with Gasteiger partial charge in [0.15, 0.2) is 0 Å². The van der Waals surface area contributed by atoms with Gasteiger partial charge in [0.05, 0.1) is 14.2 Å². The fourth-order valence-corrected chi connectivity index (χ4v) is 4.59. The summed E-state index contributed by atoms with van der Waals surface area (Å²) in [5.74, 6) is 1.33. The van der Waals surface area contributed by atoms with E-state index in [2.05, 4.69) is 35.4 Å². The van der Waals surface area contributed by atoms with E-state index in [-0.39, 0.29) is 16.7 Å². The summed E-state index contributed by atoms with van der Waals surface area (Å²) in [5.41, 5.74) is 0. The maximum atomic E-state index is 12.9. The van der Waals surface area contributed by atoms with Gasteiger partial charge in [-0.25, -0.2) is 13.1 Å². The molecular weight excluding hydrogens is 366 g/mol. The van der Waals surface area contributed by atoms with E-state index in [1.54, 1.807) is 12.1 Å². The zero-order chi connectivity index (χ0) is 20.0. The van der Waals surface area contributed by atoms with Crippen LogP contribution in [0.3, 0.4) is 0 Å². The monoisotopic (exact) mass is 399 g/mol. The predicted molar refractivity (Wildman–Crippen MR) is 107 cm³/mol. The first kappa shape index (κ1) is 21.9. The Morgan fingerprint density at radius 3 is 2.33 bits per heavy atom. The highest BCUT2D eigenvalue weighted by Gasteiger charge is 2.26.